The van der Waals surface area contributed by atoms with Gasteiger partial charge in [0.2, 0.25) is 0 Å². The minimum atomic E-state index is 0.620. The minimum absolute atomic E-state index is 0.620. The Bertz CT molecular complexity index is 479. The minimum Gasteiger partial charge on any atom is -0.398 e. The van der Waals surface area contributed by atoms with Crippen molar-refractivity contribution in [1.29, 1.82) is 0 Å². The fraction of sp³-hybridized carbons (Fsp3) is 0.0909. The molecule has 2 rings (SSSR count). The fourth-order valence-corrected chi connectivity index (χ4v) is 2.20. The second-order valence-electron chi connectivity index (χ2n) is 3.30. The third-order valence-electron chi connectivity index (χ3n) is 1.95. The van der Waals surface area contributed by atoms with Crippen LogP contribution in [0.2, 0.25) is 5.02 Å². The van der Waals surface area contributed by atoms with Crippen LogP contribution in [0.25, 0.3) is 0 Å². The number of halogens is 1. The number of nitrogens with two attached hydrogens (primary N) is 1. The Labute approximate surface area is 103 Å². The molecule has 0 atom stereocenters. The molecule has 0 spiro atoms. The maximum atomic E-state index is 6.05. The quantitative estimate of drug-likeness (QED) is 0.658. The van der Waals surface area contributed by atoms with Crippen LogP contribution in [0.3, 0.4) is 0 Å². The van der Waals surface area contributed by atoms with E-state index in [9.17, 15) is 0 Å². The summed E-state index contributed by atoms with van der Waals surface area (Å²) < 4.78 is 0. The van der Waals surface area contributed by atoms with Gasteiger partial charge in [-0.05, 0) is 36.4 Å². The first-order valence-electron chi connectivity index (χ1n) is 4.67. The van der Waals surface area contributed by atoms with Crippen molar-refractivity contribution >= 4 is 29.1 Å². The van der Waals surface area contributed by atoms with Crippen LogP contribution in [0.4, 0.5) is 5.69 Å². The topological polar surface area (TPSA) is 51.8 Å². The maximum Gasteiger partial charge on any atom is 0.192 e. The van der Waals surface area contributed by atoms with E-state index in [0.29, 0.717) is 15.9 Å². The Morgan fingerprint density at radius 1 is 1.25 bits per heavy atom. The average Bonchev–Trinajstić information content (AvgIpc) is 2.26. The number of aryl methyl sites for hydroxylation is 1. The van der Waals surface area contributed by atoms with Crippen molar-refractivity contribution in [2.75, 3.05) is 5.73 Å². The zero-order valence-corrected chi connectivity index (χ0v) is 10.2. The van der Waals surface area contributed by atoms with Gasteiger partial charge in [-0.3, -0.25) is 0 Å². The van der Waals surface area contributed by atoms with Crippen LogP contribution in [0.1, 0.15) is 5.56 Å². The van der Waals surface area contributed by atoms with E-state index in [1.165, 1.54) is 11.8 Å². The van der Waals surface area contributed by atoms with E-state index in [-0.39, 0.29) is 0 Å². The van der Waals surface area contributed by atoms with Crippen LogP contribution >= 0.6 is 23.4 Å². The second-order valence-corrected chi connectivity index (χ2v) is 4.69. The third-order valence-corrected chi connectivity index (χ3v) is 3.43. The summed E-state index contributed by atoms with van der Waals surface area (Å²) in [6, 6.07) is 5.43. The summed E-state index contributed by atoms with van der Waals surface area (Å²) in [6.45, 7) is 1.94. The normalized spacial score (nSPS) is 10.4. The summed E-state index contributed by atoms with van der Waals surface area (Å²) in [6.07, 6.45) is 3.53. The summed E-state index contributed by atoms with van der Waals surface area (Å²) in [7, 11) is 0. The summed E-state index contributed by atoms with van der Waals surface area (Å²) >= 11 is 7.42. The van der Waals surface area contributed by atoms with Gasteiger partial charge in [0.05, 0.1) is 9.92 Å². The second kappa shape index (κ2) is 4.72. The van der Waals surface area contributed by atoms with E-state index in [1.54, 1.807) is 18.5 Å². The monoisotopic (exact) mass is 251 g/mol. The molecular formula is C11H10ClN3S. The van der Waals surface area contributed by atoms with Crippen LogP contribution in [0, 0.1) is 6.92 Å². The fourth-order valence-electron chi connectivity index (χ4n) is 1.16. The molecule has 0 saturated carbocycles. The van der Waals surface area contributed by atoms with Crippen molar-refractivity contribution in [3.8, 4) is 0 Å². The van der Waals surface area contributed by atoms with Gasteiger partial charge in [0.1, 0.15) is 0 Å². The average molecular weight is 252 g/mol. The van der Waals surface area contributed by atoms with Crippen LogP contribution in [-0.4, -0.2) is 9.97 Å². The highest BCUT2D eigenvalue weighted by Gasteiger charge is 2.08. The van der Waals surface area contributed by atoms with Gasteiger partial charge in [-0.25, -0.2) is 9.97 Å². The molecule has 2 aromatic rings. The van der Waals surface area contributed by atoms with Gasteiger partial charge < -0.3 is 5.73 Å². The Hall–Kier alpha value is -1.26. The summed E-state index contributed by atoms with van der Waals surface area (Å²) in [5.41, 5.74) is 7.50. The molecule has 0 radical (unpaired) electrons. The predicted octanol–water partition coefficient (Wildman–Crippen LogP) is 3.17. The summed E-state index contributed by atoms with van der Waals surface area (Å²) in [4.78, 5) is 9.19. The van der Waals surface area contributed by atoms with E-state index in [1.807, 2.05) is 19.1 Å². The molecule has 1 heterocycles. The van der Waals surface area contributed by atoms with Crippen molar-refractivity contribution in [2.45, 2.75) is 17.0 Å². The number of nitrogens with zero attached hydrogens (tertiary/aromatic N) is 2. The van der Waals surface area contributed by atoms with Gasteiger partial charge in [0, 0.05) is 18.1 Å². The molecule has 0 unspecified atom stereocenters. The molecule has 2 N–H and O–H groups in total. The van der Waals surface area contributed by atoms with Crippen molar-refractivity contribution in [3.63, 3.8) is 0 Å². The lowest BCUT2D eigenvalue weighted by Crippen LogP contribution is -1.91. The van der Waals surface area contributed by atoms with E-state index in [0.717, 1.165) is 10.5 Å². The lowest BCUT2D eigenvalue weighted by molar-refractivity contribution is 0.950. The molecule has 1 aromatic heterocycles. The molecule has 3 nitrogen and oxygen atoms in total. The molecule has 0 bridgehead atoms. The first kappa shape index (κ1) is 11.2. The molecule has 5 heteroatoms. The highest BCUT2D eigenvalue weighted by Crippen LogP contribution is 2.35. The van der Waals surface area contributed by atoms with E-state index in [2.05, 4.69) is 9.97 Å². The van der Waals surface area contributed by atoms with Gasteiger partial charge in [-0.15, -0.1) is 0 Å². The first-order valence-corrected chi connectivity index (χ1v) is 5.87. The lowest BCUT2D eigenvalue weighted by Gasteiger charge is -2.05. The number of hydrogen-bond acceptors (Lipinski definition) is 4. The summed E-state index contributed by atoms with van der Waals surface area (Å²) in [5, 5.41) is 1.26. The smallest absolute Gasteiger partial charge is 0.192 e. The van der Waals surface area contributed by atoms with Crippen molar-refractivity contribution in [2.24, 2.45) is 0 Å². The van der Waals surface area contributed by atoms with Gasteiger partial charge in [-0.1, -0.05) is 17.7 Å². The van der Waals surface area contributed by atoms with Gasteiger partial charge in [0.15, 0.2) is 5.16 Å². The van der Waals surface area contributed by atoms with E-state index >= 15 is 0 Å². The molecule has 0 amide bonds. The molecule has 0 aliphatic heterocycles. The van der Waals surface area contributed by atoms with E-state index < -0.39 is 0 Å². The zero-order chi connectivity index (χ0) is 11.5. The highest BCUT2D eigenvalue weighted by atomic mass is 35.5. The van der Waals surface area contributed by atoms with Crippen molar-refractivity contribution in [3.05, 3.63) is 41.2 Å². The number of hydrogen-bond donors (Lipinski definition) is 1. The molecule has 16 heavy (non-hydrogen) atoms. The number of nitrogen functional groups attached to an aromatic ring is 1. The first-order chi connectivity index (χ1) is 7.66. The van der Waals surface area contributed by atoms with Crippen LogP contribution in [0.5, 0.6) is 0 Å². The van der Waals surface area contributed by atoms with Crippen molar-refractivity contribution < 1.29 is 0 Å². The largest absolute Gasteiger partial charge is 0.398 e. The standard InChI is InChI=1S/C11H10ClN3S/c1-7-5-14-11(15-6-7)16-10-8(12)3-2-4-9(10)13/h2-6H,13H2,1H3. The van der Waals surface area contributed by atoms with Crippen LogP contribution < -0.4 is 5.73 Å². The Morgan fingerprint density at radius 3 is 2.56 bits per heavy atom. The molecule has 0 saturated heterocycles. The van der Waals surface area contributed by atoms with Gasteiger partial charge in [-0.2, -0.15) is 0 Å². The lowest BCUT2D eigenvalue weighted by atomic mass is 10.3. The van der Waals surface area contributed by atoms with E-state index in [4.69, 9.17) is 17.3 Å². The van der Waals surface area contributed by atoms with Gasteiger partial charge >= 0.3 is 0 Å². The Kier molecular flexibility index (Phi) is 3.31. The number of anilines is 1. The molecular weight excluding hydrogens is 242 g/mol. The number of benzene rings is 1. The predicted molar refractivity (Wildman–Crippen MR) is 66.8 cm³/mol. The SMILES string of the molecule is Cc1cnc(Sc2c(N)cccc2Cl)nc1. The zero-order valence-electron chi connectivity index (χ0n) is 8.64. The molecule has 0 fully saturated rings. The third kappa shape index (κ3) is 2.46. The molecule has 82 valence electrons. The van der Waals surface area contributed by atoms with Gasteiger partial charge in [0.25, 0.3) is 0 Å². The van der Waals surface area contributed by atoms with Crippen LogP contribution in [0.15, 0.2) is 40.6 Å². The highest BCUT2D eigenvalue weighted by molar-refractivity contribution is 7.99. The number of rotatable bonds is 2. The van der Waals surface area contributed by atoms with Crippen LogP contribution in [-0.2, 0) is 0 Å². The van der Waals surface area contributed by atoms with Crippen molar-refractivity contribution in [1.82, 2.24) is 9.97 Å². The summed E-state index contributed by atoms with van der Waals surface area (Å²) in [5.74, 6) is 0. The number of aromatic nitrogens is 2. The molecule has 0 aliphatic rings. The Morgan fingerprint density at radius 2 is 1.94 bits per heavy atom. The molecule has 0 aliphatic carbocycles. The maximum absolute atomic E-state index is 6.05. The molecule has 1 aromatic carbocycles. The Balaban J connectivity index is 2.30.